The number of nitrogens with two attached hydrogens (primary N) is 1. The van der Waals surface area contributed by atoms with Crippen LogP contribution in [0.15, 0.2) is 20.1 Å². The number of sulfonamides is 1. The molecule has 3 N–H and O–H groups in total. The van der Waals surface area contributed by atoms with E-state index >= 15 is 0 Å². The van der Waals surface area contributed by atoms with E-state index in [1.54, 1.807) is 11.4 Å². The Kier molecular flexibility index (Phi) is 4.25. The molecule has 1 aromatic heterocycles. The van der Waals surface area contributed by atoms with E-state index in [1.807, 2.05) is 0 Å². The Morgan fingerprint density at radius 3 is 2.53 bits per heavy atom. The summed E-state index contributed by atoms with van der Waals surface area (Å²) in [6, 6.07) is 1.88. The van der Waals surface area contributed by atoms with Crippen LogP contribution in [-0.4, -0.2) is 20.5 Å². The summed E-state index contributed by atoms with van der Waals surface area (Å²) in [6.45, 7) is 0. The van der Waals surface area contributed by atoms with E-state index in [9.17, 15) is 8.42 Å². The number of hydrogen-bond donors (Lipinski definition) is 2. The molecule has 1 fully saturated rings. The van der Waals surface area contributed by atoms with Crippen molar-refractivity contribution in [3.8, 4) is 0 Å². The highest BCUT2D eigenvalue weighted by Crippen LogP contribution is 2.25. The highest BCUT2D eigenvalue weighted by molar-refractivity contribution is 9.10. The Morgan fingerprint density at radius 2 is 2.00 bits per heavy atom. The van der Waals surface area contributed by atoms with Gasteiger partial charge in [-0.1, -0.05) is 0 Å². The molecule has 1 aliphatic rings. The summed E-state index contributed by atoms with van der Waals surface area (Å²) < 4.78 is 28.0. The molecule has 0 amide bonds. The standard InChI is InChI=1S/C10H15BrN2O2S2/c11-7-5-10(16-6-7)17(14,15)13-9-3-1-8(12)2-4-9/h5-6,8-9,13H,1-4,12H2. The van der Waals surface area contributed by atoms with Gasteiger partial charge in [-0.05, 0) is 47.7 Å². The van der Waals surface area contributed by atoms with Crippen LogP contribution in [0.1, 0.15) is 25.7 Å². The topological polar surface area (TPSA) is 72.2 Å². The first-order chi connectivity index (χ1) is 7.97. The predicted molar refractivity (Wildman–Crippen MR) is 72.6 cm³/mol. The van der Waals surface area contributed by atoms with Crippen molar-refractivity contribution in [3.63, 3.8) is 0 Å². The van der Waals surface area contributed by atoms with Crippen molar-refractivity contribution in [1.29, 1.82) is 0 Å². The maximum absolute atomic E-state index is 12.0. The van der Waals surface area contributed by atoms with E-state index in [-0.39, 0.29) is 12.1 Å². The summed E-state index contributed by atoms with van der Waals surface area (Å²) in [4.78, 5) is 0. The van der Waals surface area contributed by atoms with E-state index in [4.69, 9.17) is 5.73 Å². The fourth-order valence-electron chi connectivity index (χ4n) is 1.95. The van der Waals surface area contributed by atoms with Crippen LogP contribution in [0.3, 0.4) is 0 Å². The smallest absolute Gasteiger partial charge is 0.250 e. The minimum atomic E-state index is -3.36. The molecule has 7 heteroatoms. The number of nitrogens with one attached hydrogen (secondary N) is 1. The Bertz CT molecular complexity index is 478. The highest BCUT2D eigenvalue weighted by Gasteiger charge is 2.25. The Morgan fingerprint density at radius 1 is 1.35 bits per heavy atom. The van der Waals surface area contributed by atoms with Gasteiger partial charge >= 0.3 is 0 Å². The molecule has 0 unspecified atom stereocenters. The average Bonchev–Trinajstić information content (AvgIpc) is 2.69. The second kappa shape index (κ2) is 5.36. The minimum absolute atomic E-state index is 0.0284. The zero-order valence-corrected chi connectivity index (χ0v) is 12.4. The third kappa shape index (κ3) is 3.51. The number of halogens is 1. The normalized spacial score (nSPS) is 26.0. The molecule has 2 rings (SSSR count). The predicted octanol–water partition coefficient (Wildman–Crippen LogP) is 2.06. The van der Waals surface area contributed by atoms with Crippen molar-refractivity contribution in [2.45, 2.75) is 42.0 Å². The largest absolute Gasteiger partial charge is 0.328 e. The number of hydrogen-bond acceptors (Lipinski definition) is 4. The van der Waals surface area contributed by atoms with Gasteiger partial charge < -0.3 is 5.73 Å². The summed E-state index contributed by atoms with van der Waals surface area (Å²) in [5.41, 5.74) is 5.79. The highest BCUT2D eigenvalue weighted by atomic mass is 79.9. The summed E-state index contributed by atoms with van der Waals surface area (Å²) >= 11 is 4.48. The lowest BCUT2D eigenvalue weighted by atomic mass is 9.93. The molecule has 1 aromatic rings. The Balaban J connectivity index is 2.03. The molecule has 0 radical (unpaired) electrons. The first kappa shape index (κ1) is 13.5. The molecule has 1 saturated carbocycles. The van der Waals surface area contributed by atoms with Crippen LogP contribution in [0.5, 0.6) is 0 Å². The molecule has 0 saturated heterocycles. The monoisotopic (exact) mass is 338 g/mol. The van der Waals surface area contributed by atoms with E-state index in [0.29, 0.717) is 4.21 Å². The van der Waals surface area contributed by atoms with Crippen LogP contribution in [-0.2, 0) is 10.0 Å². The molecule has 0 aromatic carbocycles. The first-order valence-corrected chi connectivity index (χ1v) is 8.65. The molecule has 17 heavy (non-hydrogen) atoms. The summed E-state index contributed by atoms with van der Waals surface area (Å²) in [6.07, 6.45) is 3.43. The van der Waals surface area contributed by atoms with Crippen LogP contribution in [0.2, 0.25) is 0 Å². The molecule has 1 aliphatic carbocycles. The lowest BCUT2D eigenvalue weighted by Gasteiger charge is -2.26. The van der Waals surface area contributed by atoms with Crippen molar-refractivity contribution in [2.75, 3.05) is 0 Å². The summed E-state index contributed by atoms with van der Waals surface area (Å²) in [5.74, 6) is 0. The first-order valence-electron chi connectivity index (χ1n) is 5.49. The Labute approximate surface area is 114 Å². The van der Waals surface area contributed by atoms with Crippen molar-refractivity contribution < 1.29 is 8.42 Å². The van der Waals surface area contributed by atoms with Gasteiger partial charge in [-0.15, -0.1) is 11.3 Å². The summed E-state index contributed by atoms with van der Waals surface area (Å²) in [5, 5.41) is 1.77. The molecule has 0 spiro atoms. The third-order valence-electron chi connectivity index (χ3n) is 2.90. The average molecular weight is 339 g/mol. The quantitative estimate of drug-likeness (QED) is 0.885. The molecular formula is C10H15BrN2O2S2. The van der Waals surface area contributed by atoms with E-state index in [1.165, 1.54) is 11.3 Å². The fraction of sp³-hybridized carbons (Fsp3) is 0.600. The second-order valence-corrected chi connectivity index (χ2v) is 8.08. The number of thiophene rings is 1. The Hall–Kier alpha value is 0.0500. The van der Waals surface area contributed by atoms with Gasteiger partial charge in [-0.25, -0.2) is 13.1 Å². The van der Waals surface area contributed by atoms with Gasteiger partial charge in [0.05, 0.1) is 0 Å². The maximum atomic E-state index is 12.0. The number of rotatable bonds is 3. The van der Waals surface area contributed by atoms with Crippen molar-refractivity contribution in [3.05, 3.63) is 15.9 Å². The molecule has 0 aliphatic heterocycles. The molecule has 0 atom stereocenters. The second-order valence-electron chi connectivity index (χ2n) is 4.32. The maximum Gasteiger partial charge on any atom is 0.250 e. The van der Waals surface area contributed by atoms with E-state index in [0.717, 1.165) is 30.2 Å². The zero-order chi connectivity index (χ0) is 12.5. The molecule has 96 valence electrons. The molecule has 0 bridgehead atoms. The van der Waals surface area contributed by atoms with Crippen LogP contribution in [0.25, 0.3) is 0 Å². The van der Waals surface area contributed by atoms with Gasteiger partial charge in [0.1, 0.15) is 4.21 Å². The molecular weight excluding hydrogens is 324 g/mol. The van der Waals surface area contributed by atoms with Crippen LogP contribution < -0.4 is 10.5 Å². The van der Waals surface area contributed by atoms with Gasteiger partial charge in [0.15, 0.2) is 0 Å². The van der Waals surface area contributed by atoms with Crippen LogP contribution >= 0.6 is 27.3 Å². The zero-order valence-electron chi connectivity index (χ0n) is 9.23. The fourth-order valence-corrected chi connectivity index (χ4v) is 5.12. The van der Waals surface area contributed by atoms with Gasteiger partial charge in [0.25, 0.3) is 0 Å². The lowest BCUT2D eigenvalue weighted by molar-refractivity contribution is 0.374. The van der Waals surface area contributed by atoms with E-state index in [2.05, 4.69) is 20.7 Å². The van der Waals surface area contributed by atoms with Crippen molar-refractivity contribution in [1.82, 2.24) is 4.72 Å². The molecule has 4 nitrogen and oxygen atoms in total. The minimum Gasteiger partial charge on any atom is -0.328 e. The van der Waals surface area contributed by atoms with Gasteiger partial charge in [-0.2, -0.15) is 0 Å². The van der Waals surface area contributed by atoms with Gasteiger partial charge in [0.2, 0.25) is 10.0 Å². The van der Waals surface area contributed by atoms with Crippen molar-refractivity contribution >= 4 is 37.3 Å². The summed E-state index contributed by atoms with van der Waals surface area (Å²) in [7, 11) is -3.36. The van der Waals surface area contributed by atoms with E-state index < -0.39 is 10.0 Å². The van der Waals surface area contributed by atoms with Crippen LogP contribution in [0, 0.1) is 0 Å². The third-order valence-corrected chi connectivity index (χ3v) is 6.62. The van der Waals surface area contributed by atoms with Crippen LogP contribution in [0.4, 0.5) is 0 Å². The van der Waals surface area contributed by atoms with Gasteiger partial charge in [-0.3, -0.25) is 0 Å². The lowest BCUT2D eigenvalue weighted by Crippen LogP contribution is -2.40. The van der Waals surface area contributed by atoms with Crippen molar-refractivity contribution in [2.24, 2.45) is 5.73 Å². The SMILES string of the molecule is NC1CCC(NS(=O)(=O)c2cc(Br)cs2)CC1. The molecule has 1 heterocycles. The van der Waals surface area contributed by atoms with Gasteiger partial charge in [0, 0.05) is 21.9 Å².